The first-order chi connectivity index (χ1) is 6.63. The van der Waals surface area contributed by atoms with Gasteiger partial charge in [-0.25, -0.2) is 0 Å². The molecule has 0 saturated carbocycles. The van der Waals surface area contributed by atoms with E-state index in [4.69, 9.17) is 13.6 Å². The van der Waals surface area contributed by atoms with Crippen LogP contribution >= 0.6 is 0 Å². The van der Waals surface area contributed by atoms with Gasteiger partial charge >= 0.3 is 0 Å². The Kier molecular flexibility index (Phi) is 2.37. The van der Waals surface area contributed by atoms with E-state index in [0.717, 1.165) is 24.7 Å². The molecule has 0 spiro atoms. The van der Waals surface area contributed by atoms with Gasteiger partial charge < -0.3 is 10.8 Å². The molecule has 1 unspecified atom stereocenters. The molecule has 0 saturated heterocycles. The first-order valence-electron chi connectivity index (χ1n) is 4.90. The minimum absolute atomic E-state index is 0.0429. The van der Waals surface area contributed by atoms with E-state index in [2.05, 4.69) is 6.07 Å². The molecule has 72 valence electrons. The molecule has 3 heteroatoms. The number of fused-ring (bicyclic) bond motifs is 1. The summed E-state index contributed by atoms with van der Waals surface area (Å²) in [7, 11) is 5.71. The Hall–Kier alpha value is -0.795. The summed E-state index contributed by atoms with van der Waals surface area (Å²) in [5.41, 5.74) is 8.86. The summed E-state index contributed by atoms with van der Waals surface area (Å²) in [4.78, 5) is 0. The van der Waals surface area contributed by atoms with Crippen LogP contribution in [0.3, 0.4) is 0 Å². The van der Waals surface area contributed by atoms with Crippen LogP contribution in [0.2, 0.25) is 0 Å². The molecule has 1 aromatic rings. The Morgan fingerprint density at radius 1 is 1.43 bits per heavy atom. The van der Waals surface area contributed by atoms with Crippen LogP contribution in [-0.2, 0) is 12.8 Å². The zero-order valence-electron chi connectivity index (χ0n) is 8.16. The number of benzene rings is 1. The molecule has 0 heterocycles. The lowest BCUT2D eigenvalue weighted by Gasteiger charge is -2.33. The number of hydrogen-bond donors (Lipinski definition) is 2. The van der Waals surface area contributed by atoms with Gasteiger partial charge in [0.05, 0.1) is 6.61 Å². The highest BCUT2D eigenvalue weighted by atomic mass is 16.3. The van der Waals surface area contributed by atoms with Gasteiger partial charge in [0.1, 0.15) is 7.85 Å². The van der Waals surface area contributed by atoms with Crippen molar-refractivity contribution in [3.8, 4) is 0 Å². The van der Waals surface area contributed by atoms with Crippen LogP contribution in [0.15, 0.2) is 18.2 Å². The van der Waals surface area contributed by atoms with E-state index in [9.17, 15) is 5.11 Å². The summed E-state index contributed by atoms with van der Waals surface area (Å²) in [6.07, 6.45) is 2.51. The van der Waals surface area contributed by atoms with Crippen molar-refractivity contribution >= 4 is 13.3 Å². The Labute approximate surface area is 85.5 Å². The molecule has 2 rings (SSSR count). The topological polar surface area (TPSA) is 46.2 Å². The van der Waals surface area contributed by atoms with Crippen molar-refractivity contribution in [2.45, 2.75) is 24.8 Å². The van der Waals surface area contributed by atoms with Crippen molar-refractivity contribution in [1.29, 1.82) is 0 Å². The molecule has 1 aliphatic rings. The maximum absolute atomic E-state index is 9.19. The average Bonchev–Trinajstić information content (AvgIpc) is 2.17. The zero-order chi connectivity index (χ0) is 10.2. The molecule has 2 nitrogen and oxygen atoms in total. The number of nitrogens with two attached hydrogens (primary N) is 1. The SMILES string of the molecule is [B]c1ccc2c(c1)CC(N)(CO)CC2. The second-order valence-electron chi connectivity index (χ2n) is 4.23. The molecule has 1 aliphatic carbocycles. The average molecular weight is 187 g/mol. The van der Waals surface area contributed by atoms with Crippen LogP contribution in [0.1, 0.15) is 17.5 Å². The van der Waals surface area contributed by atoms with Crippen LogP contribution in [-0.4, -0.2) is 25.1 Å². The summed E-state index contributed by atoms with van der Waals surface area (Å²) in [6, 6.07) is 5.94. The van der Waals surface area contributed by atoms with Gasteiger partial charge in [0, 0.05) is 5.54 Å². The number of rotatable bonds is 1. The summed E-state index contributed by atoms with van der Waals surface area (Å²) < 4.78 is 0. The summed E-state index contributed by atoms with van der Waals surface area (Å²) in [5.74, 6) is 0. The smallest absolute Gasteiger partial charge is 0.113 e. The van der Waals surface area contributed by atoms with Gasteiger partial charge in [-0.15, -0.1) is 0 Å². The zero-order valence-corrected chi connectivity index (χ0v) is 8.16. The van der Waals surface area contributed by atoms with E-state index in [1.165, 1.54) is 11.1 Å². The Bertz CT molecular complexity index is 353. The molecule has 0 aliphatic heterocycles. The van der Waals surface area contributed by atoms with E-state index in [1.54, 1.807) is 0 Å². The predicted octanol–water partition coefficient (Wildman–Crippen LogP) is -0.341. The van der Waals surface area contributed by atoms with Gasteiger partial charge in [0.15, 0.2) is 0 Å². The Morgan fingerprint density at radius 2 is 2.21 bits per heavy atom. The molecular formula is C11H14BNO. The highest BCUT2D eigenvalue weighted by Crippen LogP contribution is 2.25. The van der Waals surface area contributed by atoms with Crippen LogP contribution in [0.4, 0.5) is 0 Å². The molecule has 2 radical (unpaired) electrons. The van der Waals surface area contributed by atoms with Gasteiger partial charge in [-0.3, -0.25) is 0 Å². The molecule has 1 atom stereocenters. The van der Waals surface area contributed by atoms with E-state index in [1.807, 2.05) is 12.1 Å². The van der Waals surface area contributed by atoms with Crippen LogP contribution in [0, 0.1) is 0 Å². The molecule has 3 N–H and O–H groups in total. The second kappa shape index (κ2) is 3.41. The Morgan fingerprint density at radius 3 is 2.93 bits per heavy atom. The number of hydrogen-bond acceptors (Lipinski definition) is 2. The van der Waals surface area contributed by atoms with Gasteiger partial charge in [0.2, 0.25) is 0 Å². The third-order valence-corrected chi connectivity index (χ3v) is 2.98. The van der Waals surface area contributed by atoms with E-state index in [0.29, 0.717) is 0 Å². The lowest BCUT2D eigenvalue weighted by Crippen LogP contribution is -2.48. The number of aryl methyl sites for hydroxylation is 1. The third kappa shape index (κ3) is 1.70. The highest BCUT2D eigenvalue weighted by molar-refractivity contribution is 6.32. The fourth-order valence-electron chi connectivity index (χ4n) is 2.04. The van der Waals surface area contributed by atoms with Crippen LogP contribution in [0.25, 0.3) is 0 Å². The van der Waals surface area contributed by atoms with Gasteiger partial charge in [-0.05, 0) is 30.4 Å². The highest BCUT2D eigenvalue weighted by Gasteiger charge is 2.29. The van der Waals surface area contributed by atoms with Crippen molar-refractivity contribution < 1.29 is 5.11 Å². The van der Waals surface area contributed by atoms with Crippen molar-refractivity contribution in [3.05, 3.63) is 29.3 Å². The summed E-state index contributed by atoms with van der Waals surface area (Å²) >= 11 is 0. The monoisotopic (exact) mass is 187 g/mol. The predicted molar refractivity (Wildman–Crippen MR) is 57.9 cm³/mol. The van der Waals surface area contributed by atoms with Crippen molar-refractivity contribution in [1.82, 2.24) is 0 Å². The van der Waals surface area contributed by atoms with Crippen LogP contribution < -0.4 is 11.2 Å². The third-order valence-electron chi connectivity index (χ3n) is 2.98. The quantitative estimate of drug-likeness (QED) is 0.590. The van der Waals surface area contributed by atoms with E-state index >= 15 is 0 Å². The maximum atomic E-state index is 9.19. The second-order valence-corrected chi connectivity index (χ2v) is 4.23. The van der Waals surface area contributed by atoms with Crippen molar-refractivity contribution in [2.75, 3.05) is 6.61 Å². The lowest BCUT2D eigenvalue weighted by atomic mass is 9.77. The molecule has 0 aromatic heterocycles. The largest absolute Gasteiger partial charge is 0.394 e. The minimum atomic E-state index is -0.444. The van der Waals surface area contributed by atoms with Crippen molar-refractivity contribution in [2.24, 2.45) is 5.73 Å². The molecule has 14 heavy (non-hydrogen) atoms. The molecule has 1 aromatic carbocycles. The summed E-state index contributed by atoms with van der Waals surface area (Å²) in [6.45, 7) is 0.0429. The van der Waals surface area contributed by atoms with Gasteiger partial charge in [-0.2, -0.15) is 0 Å². The lowest BCUT2D eigenvalue weighted by molar-refractivity contribution is 0.181. The molecule has 0 bridgehead atoms. The van der Waals surface area contributed by atoms with Gasteiger partial charge in [-0.1, -0.05) is 23.7 Å². The summed E-state index contributed by atoms with van der Waals surface area (Å²) in [5, 5.41) is 9.19. The number of aliphatic hydroxyl groups is 1. The number of aliphatic hydroxyl groups excluding tert-OH is 1. The first-order valence-corrected chi connectivity index (χ1v) is 4.90. The van der Waals surface area contributed by atoms with Gasteiger partial charge in [0.25, 0.3) is 0 Å². The molecular weight excluding hydrogens is 173 g/mol. The van der Waals surface area contributed by atoms with Crippen molar-refractivity contribution in [3.63, 3.8) is 0 Å². The fraction of sp³-hybridized carbons (Fsp3) is 0.455. The molecule has 0 fully saturated rings. The Balaban J connectivity index is 2.33. The van der Waals surface area contributed by atoms with Crippen LogP contribution in [0.5, 0.6) is 0 Å². The standard InChI is InChI=1S/C11H14BNO/c12-10-2-1-8-3-4-11(13,7-14)6-9(8)5-10/h1-2,5,14H,3-4,6-7,13H2. The fourth-order valence-corrected chi connectivity index (χ4v) is 2.04. The normalized spacial score (nSPS) is 25.9. The maximum Gasteiger partial charge on any atom is 0.113 e. The van der Waals surface area contributed by atoms with E-state index in [-0.39, 0.29) is 6.61 Å². The first kappa shape index (κ1) is 9.75. The minimum Gasteiger partial charge on any atom is -0.394 e. The van der Waals surface area contributed by atoms with E-state index < -0.39 is 5.54 Å². The molecule has 0 amide bonds.